The van der Waals surface area contributed by atoms with Crippen molar-refractivity contribution >= 4 is 17.0 Å². The molecule has 0 saturated carbocycles. The predicted octanol–water partition coefficient (Wildman–Crippen LogP) is 0.279. The molecule has 1 aromatic rings. The van der Waals surface area contributed by atoms with Crippen molar-refractivity contribution in [1.29, 1.82) is 0 Å². The molecule has 1 N–H and O–H groups in total. The fraction of sp³-hybridized carbons (Fsp3) is 0.250. The third kappa shape index (κ3) is 2.80. The Kier molecular flexibility index (Phi) is 3.88. The zero-order valence-electron chi connectivity index (χ0n) is 6.92. The topological polar surface area (TPSA) is 63.6 Å². The van der Waals surface area contributed by atoms with Crippen LogP contribution in [-0.4, -0.2) is 27.0 Å². The van der Waals surface area contributed by atoms with E-state index in [1.807, 2.05) is 0 Å². The summed E-state index contributed by atoms with van der Waals surface area (Å²) >= 11 is -2.33. The van der Waals surface area contributed by atoms with Crippen molar-refractivity contribution in [2.75, 3.05) is 17.5 Å². The van der Waals surface area contributed by atoms with Crippen molar-refractivity contribution in [3.63, 3.8) is 0 Å². The van der Waals surface area contributed by atoms with Crippen LogP contribution in [0.3, 0.4) is 0 Å². The Hall–Kier alpha value is -0.910. The van der Waals surface area contributed by atoms with Crippen LogP contribution < -0.4 is 4.31 Å². The minimum absolute atomic E-state index is 0.0835. The zero-order chi connectivity index (χ0) is 9.68. The van der Waals surface area contributed by atoms with Crippen molar-refractivity contribution in [1.82, 2.24) is 0 Å². The number of rotatable bonds is 4. The Balaban J connectivity index is 2.82. The highest BCUT2D eigenvalue weighted by Gasteiger charge is 2.04. The van der Waals surface area contributed by atoms with Crippen LogP contribution in [0.1, 0.15) is 0 Å². The van der Waals surface area contributed by atoms with E-state index in [0.717, 1.165) is 4.31 Å². The van der Waals surface area contributed by atoms with Gasteiger partial charge in [-0.3, -0.25) is 4.21 Å². The highest BCUT2D eigenvalue weighted by Crippen LogP contribution is 2.13. The van der Waals surface area contributed by atoms with E-state index in [9.17, 15) is 8.76 Å². The molecule has 13 heavy (non-hydrogen) atoms. The fourth-order valence-corrected chi connectivity index (χ4v) is 1.50. The molecule has 1 atom stereocenters. The first-order valence-corrected chi connectivity index (χ1v) is 4.81. The molecule has 0 aliphatic carbocycles. The van der Waals surface area contributed by atoms with E-state index in [4.69, 9.17) is 5.11 Å². The van der Waals surface area contributed by atoms with Gasteiger partial charge < -0.3 is 14.0 Å². The Morgan fingerprint density at radius 3 is 2.46 bits per heavy atom. The summed E-state index contributed by atoms with van der Waals surface area (Å²) in [5.74, 6) is 0. The van der Waals surface area contributed by atoms with Gasteiger partial charge in [-0.2, -0.15) is 0 Å². The maximum atomic E-state index is 10.7. The second-order valence-corrected chi connectivity index (χ2v) is 3.25. The van der Waals surface area contributed by atoms with Crippen LogP contribution in [0.5, 0.6) is 0 Å². The second-order valence-electron chi connectivity index (χ2n) is 2.38. The number of aliphatic hydroxyl groups is 1. The average molecular weight is 200 g/mol. The third-order valence-corrected chi connectivity index (χ3v) is 2.28. The molecule has 5 heteroatoms. The number of nitrogens with zero attached hydrogens (tertiary/aromatic N) is 1. The highest BCUT2D eigenvalue weighted by molar-refractivity contribution is 7.80. The lowest BCUT2D eigenvalue weighted by atomic mass is 10.3. The highest BCUT2D eigenvalue weighted by atomic mass is 32.2. The molecule has 0 aliphatic rings. The lowest BCUT2D eigenvalue weighted by Crippen LogP contribution is -2.28. The van der Waals surface area contributed by atoms with Crippen LogP contribution in [-0.2, 0) is 11.3 Å². The minimum atomic E-state index is -2.33. The van der Waals surface area contributed by atoms with E-state index < -0.39 is 11.3 Å². The van der Waals surface area contributed by atoms with E-state index >= 15 is 0 Å². The van der Waals surface area contributed by atoms with Crippen molar-refractivity contribution in [3.05, 3.63) is 30.3 Å². The first-order valence-electron chi connectivity index (χ1n) is 3.78. The van der Waals surface area contributed by atoms with Gasteiger partial charge in [0.05, 0.1) is 13.2 Å². The van der Waals surface area contributed by atoms with E-state index in [1.54, 1.807) is 30.3 Å². The van der Waals surface area contributed by atoms with E-state index in [-0.39, 0.29) is 13.2 Å². The van der Waals surface area contributed by atoms with Gasteiger partial charge in [-0.05, 0) is 12.1 Å². The van der Waals surface area contributed by atoms with Gasteiger partial charge >= 0.3 is 0 Å². The van der Waals surface area contributed by atoms with Crippen LogP contribution >= 0.6 is 0 Å². The number of para-hydroxylation sites is 1. The molecule has 4 nitrogen and oxygen atoms in total. The smallest absolute Gasteiger partial charge is 0.0617 e. The summed E-state index contributed by atoms with van der Waals surface area (Å²) in [7, 11) is 0. The van der Waals surface area contributed by atoms with E-state index in [1.165, 1.54) is 0 Å². The molecular weight excluding hydrogens is 190 g/mol. The third-order valence-electron chi connectivity index (χ3n) is 1.53. The standard InChI is InChI=1S/C8H11NO3S/c10-7-6-9(13(11)12)8-4-2-1-3-5-8/h1-5,10H,6-7H2,(H,11,12)/p-1. The van der Waals surface area contributed by atoms with Gasteiger partial charge in [-0.25, -0.2) is 0 Å². The van der Waals surface area contributed by atoms with Crippen molar-refractivity contribution in [2.45, 2.75) is 0 Å². The summed E-state index contributed by atoms with van der Waals surface area (Å²) in [5, 5.41) is 8.63. The van der Waals surface area contributed by atoms with Gasteiger partial charge in [-0.15, -0.1) is 0 Å². The average Bonchev–Trinajstić information content (AvgIpc) is 2.15. The van der Waals surface area contributed by atoms with Gasteiger partial charge in [0.1, 0.15) is 0 Å². The van der Waals surface area contributed by atoms with Crippen molar-refractivity contribution in [2.24, 2.45) is 0 Å². The zero-order valence-corrected chi connectivity index (χ0v) is 7.74. The van der Waals surface area contributed by atoms with Crippen LogP contribution in [0, 0.1) is 0 Å². The molecule has 1 rings (SSSR count). The first kappa shape index (κ1) is 10.2. The molecule has 1 aromatic carbocycles. The molecule has 0 aliphatic heterocycles. The molecule has 0 amide bonds. The maximum Gasteiger partial charge on any atom is 0.0617 e. The number of anilines is 1. The summed E-state index contributed by atoms with van der Waals surface area (Å²) in [6.07, 6.45) is 0. The normalized spacial score (nSPS) is 12.5. The Morgan fingerprint density at radius 1 is 1.38 bits per heavy atom. The monoisotopic (exact) mass is 200 g/mol. The van der Waals surface area contributed by atoms with Gasteiger partial charge in [-0.1, -0.05) is 18.2 Å². The molecule has 0 saturated heterocycles. The van der Waals surface area contributed by atoms with Gasteiger partial charge in [0.2, 0.25) is 0 Å². The molecule has 0 fully saturated rings. The van der Waals surface area contributed by atoms with Crippen molar-refractivity contribution < 1.29 is 13.9 Å². The lowest BCUT2D eigenvalue weighted by molar-refractivity contribution is 0.306. The number of aliphatic hydroxyl groups excluding tert-OH is 1. The molecular formula is C8H10NO3S-. The van der Waals surface area contributed by atoms with Crippen molar-refractivity contribution in [3.8, 4) is 0 Å². The Labute approximate surface area is 79.2 Å². The van der Waals surface area contributed by atoms with E-state index in [2.05, 4.69) is 0 Å². The SMILES string of the molecule is O=S([O-])N(CCO)c1ccccc1. The van der Waals surface area contributed by atoms with E-state index in [0.29, 0.717) is 5.69 Å². The number of hydrogen-bond donors (Lipinski definition) is 1. The van der Waals surface area contributed by atoms with Gasteiger partial charge in [0.25, 0.3) is 0 Å². The molecule has 0 radical (unpaired) electrons. The molecule has 1 unspecified atom stereocenters. The van der Waals surface area contributed by atoms with Crippen LogP contribution in [0.4, 0.5) is 5.69 Å². The van der Waals surface area contributed by atoms with Crippen LogP contribution in [0.2, 0.25) is 0 Å². The first-order chi connectivity index (χ1) is 6.25. The van der Waals surface area contributed by atoms with Gasteiger partial charge in [0, 0.05) is 17.0 Å². The molecule has 0 heterocycles. The summed E-state index contributed by atoms with van der Waals surface area (Å²) in [6, 6.07) is 8.63. The molecule has 0 aromatic heterocycles. The molecule has 72 valence electrons. The number of benzene rings is 1. The molecule has 0 bridgehead atoms. The summed E-state index contributed by atoms with van der Waals surface area (Å²) in [4.78, 5) is 0. The second kappa shape index (κ2) is 4.96. The predicted molar refractivity (Wildman–Crippen MR) is 49.8 cm³/mol. The summed E-state index contributed by atoms with van der Waals surface area (Å²) < 4.78 is 22.5. The minimum Gasteiger partial charge on any atom is -0.755 e. The van der Waals surface area contributed by atoms with Gasteiger partial charge in [0.15, 0.2) is 0 Å². The largest absolute Gasteiger partial charge is 0.755 e. The Morgan fingerprint density at radius 2 is 2.00 bits per heavy atom. The quantitative estimate of drug-likeness (QED) is 0.710. The summed E-state index contributed by atoms with van der Waals surface area (Å²) in [5.41, 5.74) is 0.560. The van der Waals surface area contributed by atoms with Crippen LogP contribution in [0.15, 0.2) is 30.3 Å². The molecule has 0 spiro atoms. The van der Waals surface area contributed by atoms with Crippen LogP contribution in [0.25, 0.3) is 0 Å². The summed E-state index contributed by atoms with van der Waals surface area (Å²) in [6.45, 7) is -0.108. The lowest BCUT2D eigenvalue weighted by Gasteiger charge is -2.25. The fourth-order valence-electron chi connectivity index (χ4n) is 0.975. The maximum absolute atomic E-state index is 10.7. The Bertz CT molecular complexity index is 278. The number of hydrogen-bond acceptors (Lipinski definition) is 3.